The van der Waals surface area contributed by atoms with Gasteiger partial charge in [-0.15, -0.1) is 0 Å². The smallest absolute Gasteiger partial charge is 0.235 e. The molecular weight excluding hydrogens is 285 g/mol. The van der Waals surface area contributed by atoms with Gasteiger partial charge in [0, 0.05) is 6.42 Å². The first-order valence-electron chi connectivity index (χ1n) is 7.83. The Balaban J connectivity index is 2.16. The van der Waals surface area contributed by atoms with E-state index in [1.165, 1.54) is 6.92 Å². The number of fused-ring (bicyclic) bond motifs is 1. The Labute approximate surface area is 129 Å². The van der Waals surface area contributed by atoms with Gasteiger partial charge in [-0.25, -0.2) is 9.18 Å². The second-order valence-corrected chi connectivity index (χ2v) is 5.99. The summed E-state index contributed by atoms with van der Waals surface area (Å²) >= 11 is 0. The Morgan fingerprint density at radius 3 is 2.41 bits per heavy atom. The molecule has 22 heavy (non-hydrogen) atoms. The predicted molar refractivity (Wildman–Crippen MR) is 79.8 cm³/mol. The number of nitrogens with zero attached hydrogens (tertiary/aromatic N) is 1. The maximum atomic E-state index is 14.2. The maximum Gasteiger partial charge on any atom is 0.235 e. The van der Waals surface area contributed by atoms with Crippen molar-refractivity contribution in [3.63, 3.8) is 0 Å². The van der Waals surface area contributed by atoms with Crippen LogP contribution >= 0.6 is 0 Å². The fraction of sp³-hybridized carbons (Fsp3) is 0.588. The van der Waals surface area contributed by atoms with Crippen molar-refractivity contribution in [2.75, 3.05) is 13.2 Å². The lowest BCUT2D eigenvalue weighted by Gasteiger charge is -2.27. The summed E-state index contributed by atoms with van der Waals surface area (Å²) in [5.74, 6) is 1.19. The average molecular weight is 305 g/mol. The van der Waals surface area contributed by atoms with Crippen molar-refractivity contribution >= 4 is 6.08 Å². The molecule has 2 aliphatic rings. The first kappa shape index (κ1) is 15.0. The van der Waals surface area contributed by atoms with Crippen LogP contribution in [0.1, 0.15) is 56.3 Å². The van der Waals surface area contributed by atoms with E-state index in [1.54, 1.807) is 12.1 Å². The summed E-state index contributed by atoms with van der Waals surface area (Å²) in [6, 6.07) is 3.53. The van der Waals surface area contributed by atoms with Gasteiger partial charge in [0.1, 0.15) is 6.17 Å². The molecule has 5 heteroatoms. The molecule has 0 N–H and O–H groups in total. The molecule has 1 aromatic carbocycles. The predicted octanol–water partition coefficient (Wildman–Crippen LogP) is 3.98. The zero-order chi connectivity index (χ0) is 15.6. The molecule has 3 rings (SSSR count). The number of halogens is 1. The van der Waals surface area contributed by atoms with E-state index in [0.29, 0.717) is 30.3 Å². The highest BCUT2D eigenvalue weighted by atomic mass is 19.1. The molecule has 0 bridgehead atoms. The lowest BCUT2D eigenvalue weighted by molar-refractivity contribution is 0.296. The summed E-state index contributed by atoms with van der Waals surface area (Å²) in [6.45, 7) is 2.63. The third-order valence-corrected chi connectivity index (χ3v) is 4.54. The zero-order valence-corrected chi connectivity index (χ0v) is 12.7. The molecule has 0 amide bonds. The first-order chi connectivity index (χ1) is 10.7. The van der Waals surface area contributed by atoms with Gasteiger partial charge in [-0.1, -0.05) is 12.8 Å². The van der Waals surface area contributed by atoms with E-state index < -0.39 is 11.7 Å². The number of hydrogen-bond acceptors (Lipinski definition) is 4. The summed E-state index contributed by atoms with van der Waals surface area (Å²) < 4.78 is 25.6. The summed E-state index contributed by atoms with van der Waals surface area (Å²) in [4.78, 5) is 15.0. The molecule has 1 aliphatic heterocycles. The molecule has 1 unspecified atom stereocenters. The number of hydrogen-bond donors (Lipinski definition) is 0. The Morgan fingerprint density at radius 1 is 1.18 bits per heavy atom. The summed E-state index contributed by atoms with van der Waals surface area (Å²) in [6.07, 6.45) is 4.74. The molecule has 0 radical (unpaired) electrons. The van der Waals surface area contributed by atoms with Crippen molar-refractivity contribution < 1.29 is 18.7 Å². The van der Waals surface area contributed by atoms with E-state index in [9.17, 15) is 9.18 Å². The number of rotatable bonds is 3. The largest absolute Gasteiger partial charge is 0.490 e. The molecule has 0 aromatic heterocycles. The number of ether oxygens (including phenoxy) is 2. The van der Waals surface area contributed by atoms with E-state index in [4.69, 9.17) is 9.47 Å². The fourth-order valence-electron chi connectivity index (χ4n) is 3.45. The number of alkyl halides is 1. The van der Waals surface area contributed by atoms with Gasteiger partial charge in [0.05, 0.1) is 18.8 Å². The van der Waals surface area contributed by atoms with Crippen LogP contribution in [0.15, 0.2) is 17.1 Å². The Kier molecular flexibility index (Phi) is 4.16. The van der Waals surface area contributed by atoms with Gasteiger partial charge in [-0.05, 0) is 43.0 Å². The molecule has 1 aliphatic carbocycles. The molecule has 4 nitrogen and oxygen atoms in total. The third kappa shape index (κ3) is 2.61. The van der Waals surface area contributed by atoms with Crippen molar-refractivity contribution in [2.24, 2.45) is 4.99 Å². The van der Waals surface area contributed by atoms with Crippen LogP contribution < -0.4 is 9.47 Å². The summed E-state index contributed by atoms with van der Waals surface area (Å²) in [5, 5.41) is 0. The van der Waals surface area contributed by atoms with Gasteiger partial charge in [-0.3, -0.25) is 0 Å². The zero-order valence-electron chi connectivity index (χ0n) is 12.7. The minimum atomic E-state index is -1.16. The quantitative estimate of drug-likeness (QED) is 0.627. The lowest BCUT2D eigenvalue weighted by Crippen LogP contribution is -2.21. The van der Waals surface area contributed by atoms with Crippen LogP contribution in [0.4, 0.5) is 4.39 Å². The standard InChI is InChI=1S/C17H20FNO3/c1-12(18)13-9-15-16(22-8-4-7-21-15)10-14(13)17(19-11-20)5-2-3-6-17/h9-10,12H,2-8H2,1H3. The van der Waals surface area contributed by atoms with Crippen molar-refractivity contribution in [3.8, 4) is 11.5 Å². The third-order valence-electron chi connectivity index (χ3n) is 4.54. The monoisotopic (exact) mass is 305 g/mol. The maximum absolute atomic E-state index is 14.2. The van der Waals surface area contributed by atoms with Gasteiger partial charge < -0.3 is 9.47 Å². The highest BCUT2D eigenvalue weighted by molar-refractivity contribution is 5.52. The minimum absolute atomic E-state index is 0.533. The number of benzene rings is 1. The molecule has 0 saturated heterocycles. The molecule has 0 spiro atoms. The van der Waals surface area contributed by atoms with Crippen molar-refractivity contribution in [2.45, 2.75) is 50.7 Å². The molecule has 1 aromatic rings. The number of aliphatic imine (C=N–C) groups is 1. The summed E-state index contributed by atoms with van der Waals surface area (Å²) in [5.41, 5.74) is 0.611. The van der Waals surface area contributed by atoms with Crippen LogP contribution in [-0.4, -0.2) is 19.3 Å². The Hall–Kier alpha value is -1.87. The van der Waals surface area contributed by atoms with Crippen LogP contribution in [0.3, 0.4) is 0 Å². The van der Waals surface area contributed by atoms with Crippen LogP contribution in [0.2, 0.25) is 0 Å². The van der Waals surface area contributed by atoms with Gasteiger partial charge in [0.2, 0.25) is 6.08 Å². The van der Waals surface area contributed by atoms with E-state index >= 15 is 0 Å². The van der Waals surface area contributed by atoms with Crippen LogP contribution in [-0.2, 0) is 10.3 Å². The Morgan fingerprint density at radius 2 is 1.82 bits per heavy atom. The molecule has 1 atom stereocenters. The molecular formula is C17H20FNO3. The van der Waals surface area contributed by atoms with Crippen molar-refractivity contribution in [1.82, 2.24) is 0 Å². The molecule has 1 heterocycles. The fourth-order valence-corrected chi connectivity index (χ4v) is 3.45. The van der Waals surface area contributed by atoms with E-state index in [0.717, 1.165) is 37.7 Å². The molecule has 1 fully saturated rings. The molecule has 1 saturated carbocycles. The SMILES string of the molecule is CC(F)c1cc2c(cc1C1(N=C=O)CCCC1)OCCCO2. The van der Waals surface area contributed by atoms with Gasteiger partial charge >= 0.3 is 0 Å². The van der Waals surface area contributed by atoms with Gasteiger partial charge in [0.15, 0.2) is 11.5 Å². The summed E-state index contributed by atoms with van der Waals surface area (Å²) in [7, 11) is 0. The number of isocyanates is 1. The highest BCUT2D eigenvalue weighted by Crippen LogP contribution is 2.48. The van der Waals surface area contributed by atoms with Crippen LogP contribution in [0.25, 0.3) is 0 Å². The highest BCUT2D eigenvalue weighted by Gasteiger charge is 2.39. The van der Waals surface area contributed by atoms with E-state index in [2.05, 4.69) is 4.99 Å². The number of carbonyl (C=O) groups excluding carboxylic acids is 1. The van der Waals surface area contributed by atoms with E-state index in [-0.39, 0.29) is 0 Å². The van der Waals surface area contributed by atoms with E-state index in [1.807, 2.05) is 6.07 Å². The minimum Gasteiger partial charge on any atom is -0.490 e. The normalized spacial score (nSPS) is 20.8. The lowest BCUT2D eigenvalue weighted by atomic mass is 9.84. The van der Waals surface area contributed by atoms with Gasteiger partial charge in [0.25, 0.3) is 0 Å². The second kappa shape index (κ2) is 6.09. The van der Waals surface area contributed by atoms with Crippen molar-refractivity contribution in [1.29, 1.82) is 0 Å². The van der Waals surface area contributed by atoms with Gasteiger partial charge in [-0.2, -0.15) is 4.99 Å². The van der Waals surface area contributed by atoms with Crippen LogP contribution in [0.5, 0.6) is 11.5 Å². The molecule has 118 valence electrons. The second-order valence-electron chi connectivity index (χ2n) is 5.99. The van der Waals surface area contributed by atoms with Crippen LogP contribution in [0, 0.1) is 0 Å². The topological polar surface area (TPSA) is 47.9 Å². The van der Waals surface area contributed by atoms with Crippen molar-refractivity contribution in [3.05, 3.63) is 23.3 Å². The Bertz CT molecular complexity index is 602. The average Bonchev–Trinajstić information content (AvgIpc) is 2.85. The first-order valence-corrected chi connectivity index (χ1v) is 7.83.